The first-order valence-electron chi connectivity index (χ1n) is 15.3. The molecule has 0 saturated carbocycles. The quantitative estimate of drug-likeness (QED) is 0.151. The van der Waals surface area contributed by atoms with Crippen LogP contribution in [-0.4, -0.2) is 86.2 Å². The van der Waals surface area contributed by atoms with E-state index in [1.807, 2.05) is 42.6 Å². The Morgan fingerprint density at radius 2 is 1.73 bits per heavy atom. The van der Waals surface area contributed by atoms with Gasteiger partial charge < -0.3 is 19.5 Å². The molecule has 45 heavy (non-hydrogen) atoms. The maximum atomic E-state index is 13.7. The minimum Gasteiger partial charge on any atom is -0.492 e. The molecule has 1 fully saturated rings. The third kappa shape index (κ3) is 7.27. The van der Waals surface area contributed by atoms with Gasteiger partial charge >= 0.3 is 0 Å². The van der Waals surface area contributed by atoms with E-state index in [1.54, 1.807) is 16.8 Å². The zero-order valence-corrected chi connectivity index (χ0v) is 28.3. The number of morpholine rings is 1. The minimum absolute atomic E-state index is 0.263. The van der Waals surface area contributed by atoms with Crippen molar-refractivity contribution in [2.45, 2.75) is 45.8 Å². The van der Waals surface area contributed by atoms with Crippen molar-refractivity contribution in [1.82, 2.24) is 19.9 Å². The Bertz CT molecular complexity index is 1700. The molecule has 238 valence electrons. The summed E-state index contributed by atoms with van der Waals surface area (Å²) in [4.78, 5) is 29.6. The number of methoxy groups -OCH3 is 1. The number of hydrogen-bond acceptors (Lipinski definition) is 8. The van der Waals surface area contributed by atoms with Crippen molar-refractivity contribution < 1.29 is 23.8 Å². The second kappa shape index (κ2) is 13.1. The van der Waals surface area contributed by atoms with Crippen molar-refractivity contribution >= 4 is 41.5 Å². The number of amides is 1. The van der Waals surface area contributed by atoms with Gasteiger partial charge in [-0.1, -0.05) is 69.9 Å². The van der Waals surface area contributed by atoms with E-state index in [-0.39, 0.29) is 5.41 Å². The van der Waals surface area contributed by atoms with Crippen LogP contribution in [0.15, 0.2) is 54.7 Å². The molecule has 0 radical (unpaired) electrons. The van der Waals surface area contributed by atoms with Crippen molar-refractivity contribution in [2.75, 3.05) is 51.9 Å². The van der Waals surface area contributed by atoms with Crippen molar-refractivity contribution in [3.05, 3.63) is 65.9 Å². The summed E-state index contributed by atoms with van der Waals surface area (Å²) in [5.74, 6) is -0.356. The molecular formula is C34H43N5O5Si. The monoisotopic (exact) mass is 629 g/mol. The van der Waals surface area contributed by atoms with Crippen LogP contribution in [0.5, 0.6) is 11.5 Å². The highest BCUT2D eigenvalue weighted by molar-refractivity contribution is 6.88. The highest BCUT2D eigenvalue weighted by Crippen LogP contribution is 2.37. The Morgan fingerprint density at radius 1 is 1.02 bits per heavy atom. The van der Waals surface area contributed by atoms with Gasteiger partial charge in [-0.15, -0.1) is 5.10 Å². The average Bonchev–Trinajstić information content (AvgIpc) is 3.52. The number of ketones is 1. The second-order valence-electron chi connectivity index (χ2n) is 13.4. The van der Waals surface area contributed by atoms with Gasteiger partial charge in [-0.2, -0.15) is 0 Å². The lowest BCUT2D eigenvalue weighted by Crippen LogP contribution is -2.38. The third-order valence-corrected chi connectivity index (χ3v) is 9.77. The molecule has 0 bridgehead atoms. The molecule has 0 atom stereocenters. The van der Waals surface area contributed by atoms with E-state index in [9.17, 15) is 9.59 Å². The fourth-order valence-corrected chi connectivity index (χ4v) is 6.11. The molecule has 0 spiro atoms. The maximum absolute atomic E-state index is 13.7. The standard InChI is InChI=1S/C34H43N5O5Si/c1-34(2,3)23-20-27(32(42-4)28(21-23)39-22-30(36-37-39)45(5,6)7)35-33(41)31(40)26-12-13-29(25-11-9-8-10-24(25)26)44-19-16-38-14-17-43-18-15-38/h8-13,20-22H,14-19H2,1-7H3,(H,35,41). The van der Waals surface area contributed by atoms with Crippen LogP contribution >= 0.6 is 0 Å². The van der Waals surface area contributed by atoms with Gasteiger partial charge in [0.05, 0.1) is 31.3 Å². The molecule has 3 aromatic carbocycles. The number of rotatable bonds is 10. The molecule has 1 aliphatic rings. The molecule has 1 aliphatic heterocycles. The van der Waals surface area contributed by atoms with Crippen LogP contribution in [0.25, 0.3) is 16.5 Å². The Labute approximate surface area is 265 Å². The normalized spacial score (nSPS) is 14.4. The predicted molar refractivity (Wildman–Crippen MR) is 179 cm³/mol. The van der Waals surface area contributed by atoms with Crippen LogP contribution in [0.3, 0.4) is 0 Å². The third-order valence-electron chi connectivity index (χ3n) is 8.00. The second-order valence-corrected chi connectivity index (χ2v) is 18.4. The fraction of sp³-hybridized carbons (Fsp3) is 0.412. The van der Waals surface area contributed by atoms with Gasteiger partial charge in [0, 0.05) is 36.8 Å². The van der Waals surface area contributed by atoms with Crippen molar-refractivity contribution in [3.8, 4) is 17.2 Å². The summed E-state index contributed by atoms with van der Waals surface area (Å²) in [5, 5.41) is 14.1. The molecule has 4 aromatic rings. The molecule has 0 unspecified atom stereocenters. The van der Waals surface area contributed by atoms with E-state index in [0.29, 0.717) is 40.4 Å². The number of nitrogens with zero attached hydrogens (tertiary/aromatic N) is 4. The zero-order valence-electron chi connectivity index (χ0n) is 27.3. The van der Waals surface area contributed by atoms with Crippen LogP contribution in [0.2, 0.25) is 19.6 Å². The zero-order chi connectivity index (χ0) is 32.4. The summed E-state index contributed by atoms with van der Waals surface area (Å²) in [6.07, 6.45) is 1.92. The lowest BCUT2D eigenvalue weighted by Gasteiger charge is -2.26. The van der Waals surface area contributed by atoms with Gasteiger partial charge in [0.25, 0.3) is 11.7 Å². The number of anilines is 1. The number of aromatic nitrogens is 3. The Morgan fingerprint density at radius 3 is 2.38 bits per heavy atom. The highest BCUT2D eigenvalue weighted by Gasteiger charge is 2.27. The van der Waals surface area contributed by atoms with Gasteiger partial charge in [-0.3, -0.25) is 14.5 Å². The molecule has 1 saturated heterocycles. The average molecular weight is 630 g/mol. The van der Waals surface area contributed by atoms with E-state index in [2.05, 4.69) is 60.9 Å². The lowest BCUT2D eigenvalue weighted by atomic mass is 9.86. The Hall–Kier alpha value is -4.06. The molecule has 1 amide bonds. The van der Waals surface area contributed by atoms with Crippen molar-refractivity contribution in [1.29, 1.82) is 0 Å². The van der Waals surface area contributed by atoms with E-state index >= 15 is 0 Å². The molecule has 0 aliphatic carbocycles. The first kappa shape index (κ1) is 32.3. The van der Waals surface area contributed by atoms with Crippen LogP contribution in [0, 0.1) is 0 Å². The van der Waals surface area contributed by atoms with Crippen LogP contribution in [0.1, 0.15) is 36.7 Å². The molecular weight excluding hydrogens is 586 g/mol. The van der Waals surface area contributed by atoms with Gasteiger partial charge in [0.1, 0.15) is 26.1 Å². The number of carbonyl (C=O) groups is 2. The summed E-state index contributed by atoms with van der Waals surface area (Å²) in [5.41, 5.74) is 1.99. The predicted octanol–water partition coefficient (Wildman–Crippen LogP) is 4.80. The van der Waals surface area contributed by atoms with Crippen molar-refractivity contribution in [3.63, 3.8) is 0 Å². The topological polar surface area (TPSA) is 108 Å². The summed E-state index contributed by atoms with van der Waals surface area (Å²) in [6.45, 7) is 17.4. The van der Waals surface area contributed by atoms with Gasteiger partial charge in [0.15, 0.2) is 5.75 Å². The summed E-state index contributed by atoms with van der Waals surface area (Å²) in [7, 11) is -0.187. The van der Waals surface area contributed by atoms with Crippen LogP contribution in [0.4, 0.5) is 5.69 Å². The minimum atomic E-state index is -1.72. The molecule has 1 N–H and O–H groups in total. The molecule has 2 heterocycles. The SMILES string of the molecule is COc1c(NC(=O)C(=O)c2ccc(OCCN3CCOCC3)c3ccccc23)cc(C(C)(C)C)cc1-n1cc([Si](C)(C)C)nn1. The molecule has 5 rings (SSSR count). The summed E-state index contributed by atoms with van der Waals surface area (Å²) < 4.78 is 19.1. The first-order valence-corrected chi connectivity index (χ1v) is 18.8. The van der Waals surface area contributed by atoms with Crippen LogP contribution in [-0.2, 0) is 14.9 Å². The number of benzene rings is 3. The number of fused-ring (bicyclic) bond motifs is 1. The van der Waals surface area contributed by atoms with Gasteiger partial charge in [-0.25, -0.2) is 4.68 Å². The van der Waals surface area contributed by atoms with Crippen molar-refractivity contribution in [2.24, 2.45) is 0 Å². The Kier molecular flexibility index (Phi) is 9.43. The smallest absolute Gasteiger partial charge is 0.296 e. The number of ether oxygens (including phenoxy) is 3. The number of hydrogen-bond donors (Lipinski definition) is 1. The van der Waals surface area contributed by atoms with Gasteiger partial charge in [0.2, 0.25) is 0 Å². The maximum Gasteiger partial charge on any atom is 0.296 e. The first-order chi connectivity index (χ1) is 21.4. The number of Topliss-reactive ketones (excluding diaryl/α,β-unsaturated/α-hetero) is 1. The molecule has 1 aromatic heterocycles. The highest BCUT2D eigenvalue weighted by atomic mass is 28.3. The number of carbonyl (C=O) groups excluding carboxylic acids is 2. The van der Waals surface area contributed by atoms with E-state index in [4.69, 9.17) is 14.2 Å². The largest absolute Gasteiger partial charge is 0.492 e. The number of nitrogens with one attached hydrogen (secondary N) is 1. The summed E-state index contributed by atoms with van der Waals surface area (Å²) in [6, 6.07) is 14.8. The molecule has 10 nitrogen and oxygen atoms in total. The Balaban J connectivity index is 1.43. The van der Waals surface area contributed by atoms with E-state index in [1.165, 1.54) is 7.11 Å². The lowest BCUT2D eigenvalue weighted by molar-refractivity contribution is -0.112. The molecule has 11 heteroatoms. The van der Waals surface area contributed by atoms with E-state index < -0.39 is 19.8 Å². The summed E-state index contributed by atoms with van der Waals surface area (Å²) >= 11 is 0. The van der Waals surface area contributed by atoms with Crippen LogP contribution < -0.4 is 20.1 Å². The van der Waals surface area contributed by atoms with Gasteiger partial charge in [-0.05, 0) is 40.6 Å². The fourth-order valence-electron chi connectivity index (χ4n) is 5.26. The van der Waals surface area contributed by atoms with E-state index in [0.717, 1.165) is 49.1 Å².